The van der Waals surface area contributed by atoms with Crippen LogP contribution in [0.1, 0.15) is 26.3 Å². The maximum Gasteiger partial charge on any atom is 0.328 e. The van der Waals surface area contributed by atoms with E-state index in [-0.39, 0.29) is 17.5 Å². The van der Waals surface area contributed by atoms with E-state index in [9.17, 15) is 14.4 Å². The molecule has 0 unspecified atom stereocenters. The van der Waals surface area contributed by atoms with E-state index in [0.29, 0.717) is 22.3 Å². The second kappa shape index (κ2) is 7.55. The number of imidazole rings is 1. The zero-order valence-electron chi connectivity index (χ0n) is 20.3. The van der Waals surface area contributed by atoms with Crippen LogP contribution in [0.5, 0.6) is 0 Å². The van der Waals surface area contributed by atoms with Crippen molar-refractivity contribution in [1.82, 2.24) is 14.0 Å². The predicted molar refractivity (Wildman–Crippen MR) is 138 cm³/mol. The van der Waals surface area contributed by atoms with Gasteiger partial charge in [0.15, 0.2) is 0 Å². The number of carbonyl (C=O) groups is 2. The average molecular weight is 470 g/mol. The first-order chi connectivity index (χ1) is 16.8. The number of fused-ring (bicyclic) bond motifs is 1. The van der Waals surface area contributed by atoms with Crippen molar-refractivity contribution in [2.24, 2.45) is 14.1 Å². The lowest BCUT2D eigenvalue weighted by Crippen LogP contribution is -2.45. The molecule has 0 saturated carbocycles. The Morgan fingerprint density at radius 2 is 1.34 bits per heavy atom. The van der Waals surface area contributed by atoms with Crippen LogP contribution in [-0.4, -0.2) is 59.1 Å². The third-order valence-electron chi connectivity index (χ3n) is 7.56. The van der Waals surface area contributed by atoms with Crippen molar-refractivity contribution in [3.05, 3.63) is 69.6 Å². The summed E-state index contributed by atoms with van der Waals surface area (Å²) < 4.78 is 3.11. The summed E-state index contributed by atoms with van der Waals surface area (Å²) in [7, 11) is 5.53. The SMILES string of the molecule is Cc1cc2c(cc1N1C(=O)c3cccc4c(N5CCN(C)CC5)ccc(c34)C1=O)n(C)c(=O)n2C. The number of nitrogens with zero attached hydrogens (tertiary/aromatic N) is 5. The molecule has 3 aromatic carbocycles. The molecule has 0 bridgehead atoms. The Kier molecular flexibility index (Phi) is 4.66. The minimum absolute atomic E-state index is 0.153. The van der Waals surface area contributed by atoms with Crippen molar-refractivity contribution in [3.8, 4) is 0 Å². The summed E-state index contributed by atoms with van der Waals surface area (Å²) >= 11 is 0. The number of benzene rings is 3. The molecule has 1 aromatic heterocycles. The van der Waals surface area contributed by atoms with Crippen LogP contribution in [0, 0.1) is 6.92 Å². The highest BCUT2D eigenvalue weighted by molar-refractivity contribution is 6.36. The quantitative estimate of drug-likeness (QED) is 0.422. The molecule has 0 atom stereocenters. The Morgan fingerprint density at radius 1 is 0.714 bits per heavy atom. The molecule has 6 rings (SSSR count). The normalized spacial score (nSPS) is 16.7. The van der Waals surface area contributed by atoms with Crippen LogP contribution in [0.25, 0.3) is 21.8 Å². The van der Waals surface area contributed by atoms with E-state index in [1.807, 2.05) is 37.3 Å². The van der Waals surface area contributed by atoms with Crippen LogP contribution in [-0.2, 0) is 14.1 Å². The average Bonchev–Trinajstić information content (AvgIpc) is 3.06. The van der Waals surface area contributed by atoms with Gasteiger partial charge in [0.05, 0.1) is 16.7 Å². The summed E-state index contributed by atoms with van der Waals surface area (Å²) in [4.78, 5) is 46.0. The van der Waals surface area contributed by atoms with Gasteiger partial charge in [0.1, 0.15) is 0 Å². The highest BCUT2D eigenvalue weighted by atomic mass is 16.2. The lowest BCUT2D eigenvalue weighted by Gasteiger charge is -2.35. The van der Waals surface area contributed by atoms with Gasteiger partial charge < -0.3 is 9.80 Å². The molecule has 8 heteroatoms. The standard InChI is InChI=1S/C27H27N5O3/c1-16-14-22-23(30(4)27(35)29(22)3)15-21(16)32-25(33)18-7-5-6-17-20(31-12-10-28(2)11-13-31)9-8-19(24(17)18)26(32)34/h5-9,14-15H,10-13H2,1-4H3. The summed E-state index contributed by atoms with van der Waals surface area (Å²) in [5.74, 6) is -0.681. The zero-order chi connectivity index (χ0) is 24.6. The molecule has 1 saturated heterocycles. The molecule has 178 valence electrons. The van der Waals surface area contributed by atoms with Crippen LogP contribution in [0.2, 0.25) is 0 Å². The van der Waals surface area contributed by atoms with Gasteiger partial charge in [-0.15, -0.1) is 0 Å². The van der Waals surface area contributed by atoms with Crippen LogP contribution in [0.3, 0.4) is 0 Å². The highest BCUT2D eigenvalue weighted by Crippen LogP contribution is 2.39. The summed E-state index contributed by atoms with van der Waals surface area (Å²) in [5, 5.41) is 1.66. The van der Waals surface area contributed by atoms with Gasteiger partial charge in [-0.2, -0.15) is 0 Å². The van der Waals surface area contributed by atoms with Gasteiger partial charge in [-0.25, -0.2) is 9.69 Å². The zero-order valence-corrected chi connectivity index (χ0v) is 20.3. The highest BCUT2D eigenvalue weighted by Gasteiger charge is 2.36. The Bertz CT molecular complexity index is 1600. The number of carbonyl (C=O) groups excluding carboxylic acids is 2. The first-order valence-corrected chi connectivity index (χ1v) is 11.8. The maximum absolute atomic E-state index is 13.8. The van der Waals surface area contributed by atoms with Crippen LogP contribution < -0.4 is 15.5 Å². The number of rotatable bonds is 2. The number of aryl methyl sites for hydroxylation is 3. The fourth-order valence-electron chi connectivity index (χ4n) is 5.50. The van der Waals surface area contributed by atoms with Crippen LogP contribution in [0.4, 0.5) is 11.4 Å². The first kappa shape index (κ1) is 21.6. The lowest BCUT2D eigenvalue weighted by atomic mass is 9.92. The van der Waals surface area contributed by atoms with Crippen molar-refractivity contribution in [2.75, 3.05) is 43.0 Å². The number of hydrogen-bond donors (Lipinski definition) is 0. The van der Waals surface area contributed by atoms with Gasteiger partial charge in [-0.1, -0.05) is 12.1 Å². The first-order valence-electron chi connectivity index (χ1n) is 11.8. The molecule has 0 radical (unpaired) electrons. The summed E-state index contributed by atoms with van der Waals surface area (Å²) in [6.07, 6.45) is 0. The number of piperazine rings is 1. The molecular weight excluding hydrogens is 442 g/mol. The molecule has 2 aliphatic rings. The van der Waals surface area contributed by atoms with Crippen molar-refractivity contribution >= 4 is 45.0 Å². The molecule has 1 fully saturated rings. The van der Waals surface area contributed by atoms with Crippen molar-refractivity contribution in [1.29, 1.82) is 0 Å². The Hall–Kier alpha value is -3.91. The van der Waals surface area contributed by atoms with Gasteiger partial charge in [0, 0.05) is 67.9 Å². The second-order valence-electron chi connectivity index (χ2n) is 9.62. The fourth-order valence-corrected chi connectivity index (χ4v) is 5.50. The topological polar surface area (TPSA) is 70.8 Å². The molecule has 4 aromatic rings. The van der Waals surface area contributed by atoms with Crippen LogP contribution >= 0.6 is 0 Å². The monoisotopic (exact) mass is 469 g/mol. The number of amides is 2. The predicted octanol–water partition coefficient (Wildman–Crippen LogP) is 2.89. The summed E-state index contributed by atoms with van der Waals surface area (Å²) in [5.41, 5.74) is 4.64. The van der Waals surface area contributed by atoms with Crippen LogP contribution in [0.15, 0.2) is 47.3 Å². The lowest BCUT2D eigenvalue weighted by molar-refractivity contribution is 0.0893. The van der Waals surface area contributed by atoms with Crippen molar-refractivity contribution in [3.63, 3.8) is 0 Å². The van der Waals surface area contributed by atoms with E-state index in [0.717, 1.165) is 53.7 Å². The molecule has 2 aliphatic heterocycles. The van der Waals surface area contributed by atoms with Gasteiger partial charge in [-0.05, 0) is 49.9 Å². The molecular formula is C27H27N5O3. The van der Waals surface area contributed by atoms with E-state index in [1.165, 1.54) is 9.47 Å². The van der Waals surface area contributed by atoms with E-state index in [4.69, 9.17) is 0 Å². The summed E-state index contributed by atoms with van der Waals surface area (Å²) in [6.45, 7) is 5.60. The van der Waals surface area contributed by atoms with Crippen molar-refractivity contribution < 1.29 is 9.59 Å². The summed E-state index contributed by atoms with van der Waals surface area (Å²) in [6, 6.07) is 13.2. The molecule has 35 heavy (non-hydrogen) atoms. The van der Waals surface area contributed by atoms with E-state index in [1.54, 1.807) is 30.8 Å². The molecule has 0 spiro atoms. The number of likely N-dealkylation sites (N-methyl/N-ethyl adjacent to an activating group) is 1. The molecule has 8 nitrogen and oxygen atoms in total. The van der Waals surface area contributed by atoms with Gasteiger partial charge in [-0.3, -0.25) is 18.7 Å². The minimum atomic E-state index is -0.341. The largest absolute Gasteiger partial charge is 0.368 e. The number of anilines is 2. The third kappa shape index (κ3) is 2.99. The van der Waals surface area contributed by atoms with E-state index < -0.39 is 0 Å². The Balaban J connectivity index is 1.51. The van der Waals surface area contributed by atoms with E-state index in [2.05, 4.69) is 16.8 Å². The van der Waals surface area contributed by atoms with Gasteiger partial charge in [0.2, 0.25) is 0 Å². The molecule has 3 heterocycles. The maximum atomic E-state index is 13.8. The van der Waals surface area contributed by atoms with Gasteiger partial charge >= 0.3 is 5.69 Å². The molecule has 2 amide bonds. The molecule has 0 N–H and O–H groups in total. The minimum Gasteiger partial charge on any atom is -0.368 e. The number of hydrogen-bond acceptors (Lipinski definition) is 5. The fraction of sp³-hybridized carbons (Fsp3) is 0.296. The number of aromatic nitrogens is 2. The van der Waals surface area contributed by atoms with E-state index >= 15 is 0 Å². The third-order valence-corrected chi connectivity index (χ3v) is 7.56. The number of imide groups is 1. The Labute approximate surface area is 202 Å². The van der Waals surface area contributed by atoms with Crippen molar-refractivity contribution in [2.45, 2.75) is 6.92 Å². The Morgan fingerprint density at radius 3 is 2.03 bits per heavy atom. The smallest absolute Gasteiger partial charge is 0.328 e. The van der Waals surface area contributed by atoms with Gasteiger partial charge in [0.25, 0.3) is 11.8 Å². The molecule has 0 aliphatic carbocycles. The second-order valence-corrected chi connectivity index (χ2v) is 9.62.